The number of aryl methyl sites for hydroxylation is 2. The highest BCUT2D eigenvalue weighted by Gasteiger charge is 2.23. The molecule has 1 saturated heterocycles. The highest BCUT2D eigenvalue weighted by atomic mass is 16.4. The average Bonchev–Trinajstić information content (AvgIpc) is 2.82. The molecule has 20 heavy (non-hydrogen) atoms. The van der Waals surface area contributed by atoms with E-state index in [0.29, 0.717) is 17.4 Å². The molecule has 1 aliphatic rings. The van der Waals surface area contributed by atoms with Crippen LogP contribution in [0.15, 0.2) is 6.07 Å². The van der Waals surface area contributed by atoms with Crippen LogP contribution in [-0.2, 0) is 0 Å². The summed E-state index contributed by atoms with van der Waals surface area (Å²) in [5, 5.41) is 12.7. The second kappa shape index (κ2) is 6.22. The third-order valence-electron chi connectivity index (χ3n) is 3.98. The number of carbonyl (C=O) groups is 1. The van der Waals surface area contributed by atoms with Crippen LogP contribution in [0.2, 0.25) is 0 Å². The molecule has 1 aliphatic heterocycles. The Kier molecular flexibility index (Phi) is 4.60. The van der Waals surface area contributed by atoms with Crippen LogP contribution in [0.25, 0.3) is 0 Å². The molecule has 0 aromatic carbocycles. The topological polar surface area (TPSA) is 65.5 Å². The minimum atomic E-state index is -0.920. The molecule has 1 aromatic heterocycles. The van der Waals surface area contributed by atoms with Gasteiger partial charge in [0.15, 0.2) is 0 Å². The zero-order valence-electron chi connectivity index (χ0n) is 12.4. The van der Waals surface area contributed by atoms with E-state index in [1.165, 1.54) is 12.8 Å². The van der Waals surface area contributed by atoms with E-state index in [4.69, 9.17) is 0 Å². The summed E-state index contributed by atoms with van der Waals surface area (Å²) in [4.78, 5) is 18.1. The summed E-state index contributed by atoms with van der Waals surface area (Å²) < 4.78 is 0. The zero-order valence-corrected chi connectivity index (χ0v) is 12.4. The molecule has 2 N–H and O–H groups in total. The third-order valence-corrected chi connectivity index (χ3v) is 3.98. The van der Waals surface area contributed by atoms with Crippen LogP contribution >= 0.6 is 0 Å². The maximum atomic E-state index is 11.4. The molecular formula is C15H23N3O2. The van der Waals surface area contributed by atoms with E-state index < -0.39 is 5.97 Å². The lowest BCUT2D eigenvalue weighted by Crippen LogP contribution is -2.35. The van der Waals surface area contributed by atoms with Crippen LogP contribution in [-0.4, -0.2) is 46.6 Å². The summed E-state index contributed by atoms with van der Waals surface area (Å²) in [5.74, 6) is -0.920. The highest BCUT2D eigenvalue weighted by molar-refractivity contribution is 5.95. The number of aromatic nitrogens is 1. The molecule has 2 rings (SSSR count). The normalized spacial score (nSPS) is 19.2. The van der Waals surface area contributed by atoms with Gasteiger partial charge in [-0.05, 0) is 45.8 Å². The molecule has 0 radical (unpaired) electrons. The van der Waals surface area contributed by atoms with Crippen LogP contribution in [0.3, 0.4) is 0 Å². The predicted octanol–water partition coefficient (Wildman–Crippen LogP) is 2.29. The van der Waals surface area contributed by atoms with Gasteiger partial charge in [0.1, 0.15) is 5.56 Å². The van der Waals surface area contributed by atoms with E-state index >= 15 is 0 Å². The van der Waals surface area contributed by atoms with Crippen LogP contribution in [0, 0.1) is 13.8 Å². The Hall–Kier alpha value is -1.62. The second-order valence-corrected chi connectivity index (χ2v) is 5.38. The first-order valence-corrected chi connectivity index (χ1v) is 7.22. The standard InChI is InChI=1S/C15H23N3O2/c1-4-18-7-5-6-12(18)9-16-13-8-10(2)17-11(3)14(13)15(19)20/h8,12H,4-7,9H2,1-3H3,(H,16,17)(H,19,20). The number of carboxylic acids is 1. The van der Waals surface area contributed by atoms with Crippen LogP contribution in [0.1, 0.15) is 41.5 Å². The molecule has 0 amide bonds. The number of carboxylic acid groups (broad SMARTS) is 1. The van der Waals surface area contributed by atoms with Crippen molar-refractivity contribution in [3.05, 3.63) is 23.0 Å². The third kappa shape index (κ3) is 3.10. The van der Waals surface area contributed by atoms with Gasteiger partial charge in [0.2, 0.25) is 0 Å². The Morgan fingerprint density at radius 3 is 2.95 bits per heavy atom. The van der Waals surface area contributed by atoms with E-state index in [-0.39, 0.29) is 5.56 Å². The van der Waals surface area contributed by atoms with Gasteiger partial charge in [0.05, 0.1) is 11.4 Å². The van der Waals surface area contributed by atoms with E-state index in [0.717, 1.165) is 25.3 Å². The first-order valence-electron chi connectivity index (χ1n) is 7.22. The molecule has 1 aromatic rings. The molecule has 0 saturated carbocycles. The van der Waals surface area contributed by atoms with E-state index in [1.807, 2.05) is 13.0 Å². The largest absolute Gasteiger partial charge is 0.478 e. The van der Waals surface area contributed by atoms with Gasteiger partial charge < -0.3 is 10.4 Å². The number of rotatable bonds is 5. The van der Waals surface area contributed by atoms with Crippen molar-refractivity contribution in [3.63, 3.8) is 0 Å². The number of hydrogen-bond donors (Lipinski definition) is 2. The van der Waals surface area contributed by atoms with Crippen molar-refractivity contribution in [1.29, 1.82) is 0 Å². The minimum absolute atomic E-state index is 0.289. The summed E-state index contributed by atoms with van der Waals surface area (Å²) in [6, 6.07) is 2.32. The molecule has 5 nitrogen and oxygen atoms in total. The van der Waals surface area contributed by atoms with E-state index in [1.54, 1.807) is 6.92 Å². The SMILES string of the molecule is CCN1CCCC1CNc1cc(C)nc(C)c1C(=O)O. The summed E-state index contributed by atoms with van der Waals surface area (Å²) in [6.07, 6.45) is 2.40. The Morgan fingerprint density at radius 2 is 2.30 bits per heavy atom. The van der Waals surface area contributed by atoms with Crippen molar-refractivity contribution in [3.8, 4) is 0 Å². The van der Waals surface area contributed by atoms with Gasteiger partial charge in [0, 0.05) is 18.3 Å². The minimum Gasteiger partial charge on any atom is -0.478 e. The molecule has 1 atom stereocenters. The number of nitrogens with one attached hydrogen (secondary N) is 1. The fourth-order valence-electron chi connectivity index (χ4n) is 3.01. The molecule has 1 unspecified atom stereocenters. The first-order chi connectivity index (χ1) is 9.52. The molecule has 0 bridgehead atoms. The Balaban J connectivity index is 2.14. The van der Waals surface area contributed by atoms with Gasteiger partial charge in [-0.1, -0.05) is 6.92 Å². The van der Waals surface area contributed by atoms with E-state index in [2.05, 4.69) is 22.1 Å². The molecule has 110 valence electrons. The Morgan fingerprint density at radius 1 is 1.55 bits per heavy atom. The lowest BCUT2D eigenvalue weighted by molar-refractivity contribution is 0.0696. The number of anilines is 1. The monoisotopic (exact) mass is 277 g/mol. The van der Waals surface area contributed by atoms with Gasteiger partial charge in [0.25, 0.3) is 0 Å². The lowest BCUT2D eigenvalue weighted by atomic mass is 10.1. The highest BCUT2D eigenvalue weighted by Crippen LogP contribution is 2.22. The van der Waals surface area contributed by atoms with Crippen LogP contribution in [0.4, 0.5) is 5.69 Å². The molecular weight excluding hydrogens is 254 g/mol. The molecule has 0 spiro atoms. The Bertz CT molecular complexity index is 502. The number of likely N-dealkylation sites (tertiary alicyclic amines) is 1. The summed E-state index contributed by atoms with van der Waals surface area (Å²) in [6.45, 7) is 8.78. The van der Waals surface area contributed by atoms with Crippen LogP contribution in [0.5, 0.6) is 0 Å². The van der Waals surface area contributed by atoms with Crippen molar-refractivity contribution in [2.24, 2.45) is 0 Å². The summed E-state index contributed by atoms with van der Waals surface area (Å²) in [5.41, 5.74) is 2.38. The van der Waals surface area contributed by atoms with Gasteiger partial charge in [-0.2, -0.15) is 0 Å². The molecule has 1 fully saturated rings. The fraction of sp³-hybridized carbons (Fsp3) is 0.600. The maximum Gasteiger partial charge on any atom is 0.339 e. The smallest absolute Gasteiger partial charge is 0.339 e. The quantitative estimate of drug-likeness (QED) is 0.864. The Labute approximate surface area is 120 Å². The maximum absolute atomic E-state index is 11.4. The number of pyridine rings is 1. The number of likely N-dealkylation sites (N-methyl/N-ethyl adjacent to an activating group) is 1. The van der Waals surface area contributed by atoms with Crippen molar-refractivity contribution >= 4 is 11.7 Å². The van der Waals surface area contributed by atoms with Gasteiger partial charge in [-0.25, -0.2) is 4.79 Å². The average molecular weight is 277 g/mol. The first kappa shape index (κ1) is 14.8. The summed E-state index contributed by atoms with van der Waals surface area (Å²) >= 11 is 0. The number of hydrogen-bond acceptors (Lipinski definition) is 4. The van der Waals surface area contributed by atoms with Crippen molar-refractivity contribution in [1.82, 2.24) is 9.88 Å². The van der Waals surface area contributed by atoms with Crippen LogP contribution < -0.4 is 5.32 Å². The molecule has 0 aliphatic carbocycles. The van der Waals surface area contributed by atoms with Crippen molar-refractivity contribution in [2.75, 3.05) is 25.0 Å². The van der Waals surface area contributed by atoms with Gasteiger partial charge in [-0.3, -0.25) is 9.88 Å². The van der Waals surface area contributed by atoms with Crippen molar-refractivity contribution < 1.29 is 9.90 Å². The molecule has 2 heterocycles. The fourth-order valence-corrected chi connectivity index (χ4v) is 3.01. The zero-order chi connectivity index (χ0) is 14.7. The second-order valence-electron chi connectivity index (χ2n) is 5.38. The van der Waals surface area contributed by atoms with E-state index in [9.17, 15) is 9.90 Å². The van der Waals surface area contributed by atoms with Crippen molar-refractivity contribution in [2.45, 2.75) is 39.7 Å². The summed E-state index contributed by atoms with van der Waals surface area (Å²) in [7, 11) is 0. The lowest BCUT2D eigenvalue weighted by Gasteiger charge is -2.24. The predicted molar refractivity (Wildman–Crippen MR) is 79.4 cm³/mol. The number of nitrogens with zero attached hydrogens (tertiary/aromatic N) is 2. The van der Waals surface area contributed by atoms with Gasteiger partial charge >= 0.3 is 5.97 Å². The number of aromatic carboxylic acids is 1. The van der Waals surface area contributed by atoms with Gasteiger partial charge in [-0.15, -0.1) is 0 Å². The molecule has 5 heteroatoms.